The van der Waals surface area contributed by atoms with Gasteiger partial charge in [0.25, 0.3) is 0 Å². The van der Waals surface area contributed by atoms with E-state index in [-0.39, 0.29) is 11.8 Å². The van der Waals surface area contributed by atoms with E-state index in [0.717, 1.165) is 24.3 Å². The molecular weight excluding hydrogens is 384 g/mol. The van der Waals surface area contributed by atoms with Crippen molar-refractivity contribution in [2.45, 2.75) is 12.5 Å². The molecule has 3 N–H and O–H groups in total. The molecule has 29 heavy (non-hydrogen) atoms. The predicted molar refractivity (Wildman–Crippen MR) is 120 cm³/mol. The van der Waals surface area contributed by atoms with Crippen LogP contribution in [0.2, 0.25) is 5.02 Å². The van der Waals surface area contributed by atoms with E-state index < -0.39 is 0 Å². The first-order chi connectivity index (χ1) is 13.9. The Hall–Kier alpha value is -2.89. The summed E-state index contributed by atoms with van der Waals surface area (Å²) in [6, 6.07) is 18.0. The van der Waals surface area contributed by atoms with Gasteiger partial charge in [0, 0.05) is 28.0 Å². The fraction of sp³-hybridized carbons (Fsp3) is 0.217. The molecule has 2 aromatic carbocycles. The van der Waals surface area contributed by atoms with Crippen molar-refractivity contribution in [3.63, 3.8) is 0 Å². The number of carbonyl (C=O) groups excluding carboxylic acids is 1. The van der Waals surface area contributed by atoms with Crippen molar-refractivity contribution < 1.29 is 4.79 Å². The zero-order valence-corrected chi connectivity index (χ0v) is 17.4. The third kappa shape index (κ3) is 5.56. The second-order valence-corrected chi connectivity index (χ2v) is 7.62. The second kappa shape index (κ2) is 9.54. The highest BCUT2D eigenvalue weighted by molar-refractivity contribution is 6.31. The number of pyridine rings is 1. The summed E-state index contributed by atoms with van der Waals surface area (Å²) in [5, 5.41) is 4.04. The van der Waals surface area contributed by atoms with Crippen LogP contribution in [0.5, 0.6) is 0 Å². The SMILES string of the molecule is CN(C)CCC(Nc1cccc(C(=O)c2cccc(Cl)c2)c1)c1ncccc1N. The number of ketones is 1. The fourth-order valence-electron chi connectivity index (χ4n) is 3.13. The lowest BCUT2D eigenvalue weighted by Gasteiger charge is -2.23. The van der Waals surface area contributed by atoms with E-state index in [2.05, 4.69) is 15.2 Å². The number of benzene rings is 2. The van der Waals surface area contributed by atoms with Crippen LogP contribution in [0.3, 0.4) is 0 Å². The Morgan fingerprint density at radius 1 is 1.10 bits per heavy atom. The molecule has 1 heterocycles. The molecule has 1 aromatic heterocycles. The van der Waals surface area contributed by atoms with Gasteiger partial charge in [-0.05, 0) is 63.5 Å². The van der Waals surface area contributed by atoms with Gasteiger partial charge in [-0.1, -0.05) is 35.9 Å². The highest BCUT2D eigenvalue weighted by Crippen LogP contribution is 2.26. The molecule has 6 heteroatoms. The van der Waals surface area contributed by atoms with E-state index >= 15 is 0 Å². The van der Waals surface area contributed by atoms with E-state index in [9.17, 15) is 4.79 Å². The van der Waals surface area contributed by atoms with Crippen molar-refractivity contribution in [3.05, 3.63) is 88.7 Å². The predicted octanol–water partition coefficient (Wildman–Crippen LogP) is 4.65. The molecule has 0 aliphatic rings. The van der Waals surface area contributed by atoms with Crippen LogP contribution in [0.1, 0.15) is 34.1 Å². The summed E-state index contributed by atoms with van der Waals surface area (Å²) in [5.41, 5.74) is 9.62. The van der Waals surface area contributed by atoms with Gasteiger partial charge >= 0.3 is 0 Å². The minimum Gasteiger partial charge on any atom is -0.397 e. The molecule has 5 nitrogen and oxygen atoms in total. The number of nitrogen functional groups attached to an aromatic ring is 1. The summed E-state index contributed by atoms with van der Waals surface area (Å²) >= 11 is 6.03. The Labute approximate surface area is 176 Å². The third-order valence-electron chi connectivity index (χ3n) is 4.62. The number of hydrogen-bond acceptors (Lipinski definition) is 5. The van der Waals surface area contributed by atoms with E-state index in [4.69, 9.17) is 17.3 Å². The molecule has 0 saturated carbocycles. The van der Waals surface area contributed by atoms with Crippen molar-refractivity contribution in [1.82, 2.24) is 9.88 Å². The minimum atomic E-state index is -0.0740. The molecular formula is C23H25ClN4O. The van der Waals surface area contributed by atoms with E-state index in [1.54, 1.807) is 36.5 Å². The lowest BCUT2D eigenvalue weighted by molar-refractivity contribution is 0.103. The van der Waals surface area contributed by atoms with Crippen molar-refractivity contribution in [2.24, 2.45) is 0 Å². The van der Waals surface area contributed by atoms with Crippen LogP contribution in [0.15, 0.2) is 66.9 Å². The Kier molecular flexibility index (Phi) is 6.86. The topological polar surface area (TPSA) is 71.2 Å². The summed E-state index contributed by atoms with van der Waals surface area (Å²) in [6.45, 7) is 0.870. The molecule has 0 aliphatic heterocycles. The minimum absolute atomic E-state index is 0.0710. The molecule has 0 saturated heterocycles. The normalized spacial score (nSPS) is 12.0. The van der Waals surface area contributed by atoms with Gasteiger partial charge in [-0.25, -0.2) is 0 Å². The van der Waals surface area contributed by atoms with Crippen LogP contribution in [-0.2, 0) is 0 Å². The number of nitrogens with two attached hydrogens (primary N) is 1. The van der Waals surface area contributed by atoms with Gasteiger partial charge in [0.05, 0.1) is 17.4 Å². The number of carbonyl (C=O) groups is 1. The summed E-state index contributed by atoms with van der Waals surface area (Å²) in [4.78, 5) is 19.4. The van der Waals surface area contributed by atoms with Gasteiger partial charge in [0.1, 0.15) is 0 Å². The summed E-state index contributed by atoms with van der Waals surface area (Å²) in [6.07, 6.45) is 2.57. The maximum atomic E-state index is 12.9. The lowest BCUT2D eigenvalue weighted by atomic mass is 10.0. The van der Waals surface area contributed by atoms with Crippen LogP contribution in [-0.4, -0.2) is 36.3 Å². The molecule has 0 aliphatic carbocycles. The first-order valence-electron chi connectivity index (χ1n) is 9.46. The molecule has 1 unspecified atom stereocenters. The van der Waals surface area contributed by atoms with E-state index in [1.165, 1.54) is 0 Å². The average molecular weight is 409 g/mol. The third-order valence-corrected chi connectivity index (χ3v) is 4.85. The van der Waals surface area contributed by atoms with Crippen molar-refractivity contribution in [1.29, 1.82) is 0 Å². The lowest BCUT2D eigenvalue weighted by Crippen LogP contribution is -2.21. The standard InChI is InChI=1S/C23H25ClN4O/c1-28(2)13-11-21(22-20(25)10-5-12-26-22)27-19-9-4-7-17(15-19)23(29)16-6-3-8-18(24)14-16/h3-10,12,14-15,21,27H,11,13,25H2,1-2H3. The summed E-state index contributed by atoms with van der Waals surface area (Å²) < 4.78 is 0. The zero-order chi connectivity index (χ0) is 20.8. The first-order valence-corrected chi connectivity index (χ1v) is 9.84. The summed E-state index contributed by atoms with van der Waals surface area (Å²) in [7, 11) is 4.06. The molecule has 3 aromatic rings. The van der Waals surface area contributed by atoms with Crippen LogP contribution in [0.25, 0.3) is 0 Å². The largest absolute Gasteiger partial charge is 0.397 e. The molecule has 0 fully saturated rings. The molecule has 0 bridgehead atoms. The highest BCUT2D eigenvalue weighted by Gasteiger charge is 2.17. The van der Waals surface area contributed by atoms with Crippen molar-refractivity contribution in [3.8, 4) is 0 Å². The van der Waals surface area contributed by atoms with Crippen LogP contribution >= 0.6 is 11.6 Å². The van der Waals surface area contributed by atoms with Crippen molar-refractivity contribution in [2.75, 3.05) is 31.7 Å². The number of aromatic nitrogens is 1. The fourth-order valence-corrected chi connectivity index (χ4v) is 3.32. The number of rotatable bonds is 8. The Bertz CT molecular complexity index is 990. The molecule has 1 atom stereocenters. The zero-order valence-electron chi connectivity index (χ0n) is 16.6. The number of hydrogen-bond donors (Lipinski definition) is 2. The maximum Gasteiger partial charge on any atom is 0.193 e. The average Bonchev–Trinajstić information content (AvgIpc) is 2.71. The quantitative estimate of drug-likeness (QED) is 0.531. The molecule has 0 spiro atoms. The Balaban J connectivity index is 1.85. The maximum absolute atomic E-state index is 12.9. The van der Waals surface area contributed by atoms with Gasteiger partial charge in [0.15, 0.2) is 5.78 Å². The summed E-state index contributed by atoms with van der Waals surface area (Å²) in [5.74, 6) is -0.0710. The Morgan fingerprint density at radius 3 is 2.52 bits per heavy atom. The number of nitrogens with zero attached hydrogens (tertiary/aromatic N) is 2. The number of halogens is 1. The van der Waals surface area contributed by atoms with Crippen LogP contribution in [0.4, 0.5) is 11.4 Å². The number of anilines is 2. The Morgan fingerprint density at radius 2 is 1.83 bits per heavy atom. The molecule has 3 rings (SSSR count). The first kappa shape index (κ1) is 20.8. The monoisotopic (exact) mass is 408 g/mol. The molecule has 0 radical (unpaired) electrons. The smallest absolute Gasteiger partial charge is 0.193 e. The highest BCUT2D eigenvalue weighted by atomic mass is 35.5. The van der Waals surface area contributed by atoms with Crippen LogP contribution < -0.4 is 11.1 Å². The van der Waals surface area contributed by atoms with Gasteiger partial charge in [-0.3, -0.25) is 9.78 Å². The van der Waals surface area contributed by atoms with E-state index in [0.29, 0.717) is 21.8 Å². The molecule has 0 amide bonds. The van der Waals surface area contributed by atoms with Crippen LogP contribution in [0, 0.1) is 0 Å². The van der Waals surface area contributed by atoms with Crippen molar-refractivity contribution >= 4 is 28.8 Å². The second-order valence-electron chi connectivity index (χ2n) is 7.19. The number of nitrogens with one attached hydrogen (secondary N) is 1. The molecule has 150 valence electrons. The van der Waals surface area contributed by atoms with Gasteiger partial charge < -0.3 is 16.0 Å². The van der Waals surface area contributed by atoms with Gasteiger partial charge in [0.2, 0.25) is 0 Å². The van der Waals surface area contributed by atoms with Gasteiger partial charge in [-0.15, -0.1) is 0 Å². The van der Waals surface area contributed by atoms with Gasteiger partial charge in [-0.2, -0.15) is 0 Å². The van der Waals surface area contributed by atoms with E-state index in [1.807, 2.05) is 44.4 Å².